The molecule has 0 aromatic heterocycles. The molecule has 1 aromatic carbocycles. The van der Waals surface area contributed by atoms with Gasteiger partial charge in [0.15, 0.2) is 0 Å². The number of hydrogen-bond acceptors (Lipinski definition) is 1. The van der Waals surface area contributed by atoms with Crippen molar-refractivity contribution in [2.45, 2.75) is 58.4 Å². The molecule has 0 radical (unpaired) electrons. The highest BCUT2D eigenvalue weighted by Gasteiger charge is 2.37. The van der Waals surface area contributed by atoms with Crippen LogP contribution in [0.1, 0.15) is 24.8 Å². The first-order valence-corrected chi connectivity index (χ1v) is 15.0. The molecule has 0 aliphatic rings. The van der Waals surface area contributed by atoms with E-state index in [1.165, 1.54) is 12.0 Å². The molecule has 0 aliphatic heterocycles. The van der Waals surface area contributed by atoms with Gasteiger partial charge in [0.1, 0.15) is 0 Å². The van der Waals surface area contributed by atoms with E-state index in [2.05, 4.69) is 57.0 Å². The smallest absolute Gasteiger partial charge is 0.0736 e. The summed E-state index contributed by atoms with van der Waals surface area (Å²) in [5.41, 5.74) is 1.45. The largest absolute Gasteiger partial charge is 0.396 e. The van der Waals surface area contributed by atoms with Gasteiger partial charge in [-0.2, -0.15) is 0 Å². The van der Waals surface area contributed by atoms with Crippen molar-refractivity contribution < 1.29 is 5.11 Å². The molecule has 1 rings (SSSR count). The number of benzene rings is 1. The van der Waals surface area contributed by atoms with Crippen molar-refractivity contribution in [3.05, 3.63) is 29.8 Å². The lowest BCUT2D eigenvalue weighted by Crippen LogP contribution is -2.61. The zero-order valence-corrected chi connectivity index (χ0v) is 15.3. The average Bonchev–Trinajstić information content (AvgIpc) is 2.34. The number of aliphatic hydroxyl groups is 1. The van der Waals surface area contributed by atoms with E-state index in [-0.39, 0.29) is 0 Å². The van der Waals surface area contributed by atoms with Crippen LogP contribution in [-0.2, 0) is 6.42 Å². The van der Waals surface area contributed by atoms with Gasteiger partial charge < -0.3 is 5.11 Å². The molecule has 1 N–H and O–H groups in total. The maximum atomic E-state index is 8.77. The normalized spacial score (nSPS) is 12.7. The molecule has 19 heavy (non-hydrogen) atoms. The topological polar surface area (TPSA) is 20.2 Å². The van der Waals surface area contributed by atoms with Crippen LogP contribution in [0.15, 0.2) is 24.3 Å². The van der Waals surface area contributed by atoms with Gasteiger partial charge in [-0.15, -0.1) is 0 Å². The molecule has 0 aliphatic carbocycles. The standard InChI is InChI=1S/C16H30OSi2/c1-18(2,3)19(4,5)16-12-10-15(11-13-16)9-7-6-8-14-17/h10-13,17H,6-9,14H2,1-5H3. The fourth-order valence-electron chi connectivity index (χ4n) is 2.14. The van der Waals surface area contributed by atoms with Crippen molar-refractivity contribution in [3.8, 4) is 0 Å². The highest BCUT2D eigenvalue weighted by atomic mass is 29.3. The van der Waals surface area contributed by atoms with Crippen molar-refractivity contribution >= 4 is 20.4 Å². The summed E-state index contributed by atoms with van der Waals surface area (Å²) < 4.78 is 0. The van der Waals surface area contributed by atoms with Crippen molar-refractivity contribution in [2.75, 3.05) is 6.61 Å². The van der Waals surface area contributed by atoms with Crippen LogP contribution in [0.3, 0.4) is 0 Å². The average molecular weight is 295 g/mol. The second kappa shape index (κ2) is 6.86. The SMILES string of the molecule is C[Si](C)(C)[Si](C)(C)c1ccc(CCCCCO)cc1. The Labute approximate surface area is 120 Å². The first-order chi connectivity index (χ1) is 8.79. The lowest BCUT2D eigenvalue weighted by Gasteiger charge is -2.35. The summed E-state index contributed by atoms with van der Waals surface area (Å²) in [7, 11) is -2.31. The van der Waals surface area contributed by atoms with E-state index in [0.717, 1.165) is 19.3 Å². The number of rotatable bonds is 7. The Bertz CT molecular complexity index is 377. The fraction of sp³-hybridized carbons (Fsp3) is 0.625. The lowest BCUT2D eigenvalue weighted by atomic mass is 10.1. The molecule has 0 fully saturated rings. The summed E-state index contributed by atoms with van der Waals surface area (Å²) in [6.07, 6.45) is 4.41. The molecular formula is C16H30OSi2. The molecule has 0 atom stereocenters. The van der Waals surface area contributed by atoms with E-state index in [1.807, 2.05) is 0 Å². The summed E-state index contributed by atoms with van der Waals surface area (Å²) in [4.78, 5) is 0. The van der Waals surface area contributed by atoms with Crippen LogP contribution < -0.4 is 5.19 Å². The maximum absolute atomic E-state index is 8.77. The van der Waals surface area contributed by atoms with Crippen LogP contribution in [-0.4, -0.2) is 26.9 Å². The minimum absolute atomic E-state index is 0.328. The summed E-state index contributed by atoms with van der Waals surface area (Å²) in [6.45, 7) is 12.9. The molecule has 1 aromatic rings. The number of unbranched alkanes of at least 4 members (excludes halogenated alkanes) is 2. The molecule has 0 saturated carbocycles. The van der Waals surface area contributed by atoms with Crippen LogP contribution in [0.5, 0.6) is 0 Å². The molecule has 108 valence electrons. The molecule has 3 heteroatoms. The summed E-state index contributed by atoms with van der Waals surface area (Å²) >= 11 is 0. The van der Waals surface area contributed by atoms with Crippen molar-refractivity contribution in [3.63, 3.8) is 0 Å². The van der Waals surface area contributed by atoms with Crippen molar-refractivity contribution in [2.24, 2.45) is 0 Å². The summed E-state index contributed by atoms with van der Waals surface area (Å²) in [5, 5.41) is 10.4. The van der Waals surface area contributed by atoms with Crippen LogP contribution in [0.4, 0.5) is 0 Å². The van der Waals surface area contributed by atoms with Gasteiger partial charge >= 0.3 is 0 Å². The third-order valence-corrected chi connectivity index (χ3v) is 22.3. The fourth-order valence-corrected chi connectivity index (χ4v) is 7.10. The van der Waals surface area contributed by atoms with E-state index in [4.69, 9.17) is 5.11 Å². The van der Waals surface area contributed by atoms with Gasteiger partial charge in [-0.1, -0.05) is 68.6 Å². The van der Waals surface area contributed by atoms with E-state index < -0.39 is 15.2 Å². The van der Waals surface area contributed by atoms with Crippen molar-refractivity contribution in [1.29, 1.82) is 0 Å². The van der Waals surface area contributed by atoms with E-state index in [0.29, 0.717) is 6.61 Å². The Kier molecular flexibility index (Phi) is 6.02. The summed E-state index contributed by atoms with van der Waals surface area (Å²) in [5.74, 6) is 0. The molecule has 0 amide bonds. The maximum Gasteiger partial charge on any atom is 0.0736 e. The zero-order chi connectivity index (χ0) is 14.5. The molecule has 0 unspecified atom stereocenters. The Morgan fingerprint density at radius 3 is 1.89 bits per heavy atom. The third-order valence-electron chi connectivity index (χ3n) is 4.67. The summed E-state index contributed by atoms with van der Waals surface area (Å²) in [6, 6.07) is 9.41. The quantitative estimate of drug-likeness (QED) is 0.600. The molecule has 1 nitrogen and oxygen atoms in total. The Morgan fingerprint density at radius 2 is 1.42 bits per heavy atom. The lowest BCUT2D eigenvalue weighted by molar-refractivity contribution is 0.283. The monoisotopic (exact) mass is 294 g/mol. The van der Waals surface area contributed by atoms with Gasteiger partial charge in [-0.3, -0.25) is 0 Å². The third kappa shape index (κ3) is 4.58. The number of aliphatic hydroxyl groups excluding tert-OH is 1. The molecule has 0 spiro atoms. The second-order valence-corrected chi connectivity index (χ2v) is 23.7. The van der Waals surface area contributed by atoms with Gasteiger partial charge in [0.25, 0.3) is 0 Å². The minimum Gasteiger partial charge on any atom is -0.396 e. The van der Waals surface area contributed by atoms with Crippen LogP contribution in [0, 0.1) is 0 Å². The number of aryl methyl sites for hydroxylation is 1. The molecule has 0 bridgehead atoms. The highest BCUT2D eigenvalue weighted by molar-refractivity contribution is 7.45. The minimum atomic E-state index is -1.24. The van der Waals surface area contributed by atoms with Crippen molar-refractivity contribution in [1.82, 2.24) is 0 Å². The zero-order valence-electron chi connectivity index (χ0n) is 13.3. The Hall–Kier alpha value is -0.386. The van der Waals surface area contributed by atoms with Gasteiger partial charge in [-0.05, 0) is 24.8 Å². The molecule has 0 saturated heterocycles. The predicted molar refractivity (Wildman–Crippen MR) is 91.5 cm³/mol. The second-order valence-electron chi connectivity index (χ2n) is 7.11. The van der Waals surface area contributed by atoms with E-state index in [1.54, 1.807) is 5.19 Å². The first kappa shape index (κ1) is 16.7. The van der Waals surface area contributed by atoms with Gasteiger partial charge in [0.2, 0.25) is 0 Å². The molecule has 0 heterocycles. The van der Waals surface area contributed by atoms with E-state index in [9.17, 15) is 0 Å². The predicted octanol–water partition coefficient (Wildman–Crippen LogP) is 3.72. The van der Waals surface area contributed by atoms with Gasteiger partial charge in [0.05, 0.1) is 7.59 Å². The van der Waals surface area contributed by atoms with Gasteiger partial charge in [0, 0.05) is 14.2 Å². The van der Waals surface area contributed by atoms with Crippen LogP contribution in [0.25, 0.3) is 0 Å². The van der Waals surface area contributed by atoms with E-state index >= 15 is 0 Å². The van der Waals surface area contributed by atoms with Crippen LogP contribution >= 0.6 is 0 Å². The van der Waals surface area contributed by atoms with Gasteiger partial charge in [-0.25, -0.2) is 0 Å². The number of hydrogen-bond donors (Lipinski definition) is 1. The Balaban J connectivity index is 2.66. The first-order valence-electron chi connectivity index (χ1n) is 7.49. The Morgan fingerprint density at radius 1 is 0.842 bits per heavy atom. The molecular weight excluding hydrogens is 264 g/mol. The highest BCUT2D eigenvalue weighted by Crippen LogP contribution is 2.19. The van der Waals surface area contributed by atoms with Crippen LogP contribution in [0.2, 0.25) is 32.7 Å².